The molecule has 0 aliphatic heterocycles. The molecule has 90 valence electrons. The molecule has 1 aromatic heterocycles. The summed E-state index contributed by atoms with van der Waals surface area (Å²) in [6.07, 6.45) is 1.32. The molecule has 7 heteroatoms. The Hall–Kier alpha value is -0.500. The number of hydrogen-bond acceptors (Lipinski definition) is 4. The fourth-order valence-electron chi connectivity index (χ4n) is 1.01. The highest BCUT2D eigenvalue weighted by Gasteiger charge is 2.13. The molecule has 0 spiro atoms. The molecule has 1 heterocycles. The summed E-state index contributed by atoms with van der Waals surface area (Å²) in [6, 6.07) is 3.11. The molecule has 0 radical (unpaired) electrons. The van der Waals surface area contributed by atoms with Gasteiger partial charge in [0, 0.05) is 19.3 Å². The van der Waals surface area contributed by atoms with Crippen molar-refractivity contribution in [2.75, 3.05) is 27.2 Å². The molecular weight excluding hydrogens is 294 g/mol. The van der Waals surface area contributed by atoms with Crippen LogP contribution in [0.5, 0.6) is 0 Å². The zero-order valence-corrected chi connectivity index (χ0v) is 11.5. The maximum Gasteiger partial charge on any atom is 0.242 e. The van der Waals surface area contributed by atoms with E-state index < -0.39 is 10.0 Å². The van der Waals surface area contributed by atoms with Crippen LogP contribution in [-0.4, -0.2) is 45.5 Å². The van der Waals surface area contributed by atoms with Crippen molar-refractivity contribution in [2.45, 2.75) is 4.90 Å². The van der Waals surface area contributed by atoms with Crippen LogP contribution in [0.25, 0.3) is 0 Å². The second-order valence-electron chi connectivity index (χ2n) is 3.52. The van der Waals surface area contributed by atoms with Gasteiger partial charge in [-0.25, -0.2) is 18.1 Å². The van der Waals surface area contributed by atoms with Crippen LogP contribution in [0.15, 0.2) is 27.8 Å². The van der Waals surface area contributed by atoms with Crippen LogP contribution in [0.4, 0.5) is 0 Å². The number of nitrogens with zero attached hydrogens (tertiary/aromatic N) is 2. The van der Waals surface area contributed by atoms with Crippen LogP contribution in [0.1, 0.15) is 0 Å². The van der Waals surface area contributed by atoms with Gasteiger partial charge < -0.3 is 4.90 Å². The lowest BCUT2D eigenvalue weighted by Crippen LogP contribution is -2.31. The van der Waals surface area contributed by atoms with E-state index in [9.17, 15) is 8.42 Å². The predicted octanol–water partition coefficient (Wildman–Crippen LogP) is 0.684. The highest BCUT2D eigenvalue weighted by Crippen LogP contribution is 2.10. The largest absolute Gasteiger partial charge is 0.308 e. The van der Waals surface area contributed by atoms with Gasteiger partial charge in [0.1, 0.15) is 9.50 Å². The number of pyridine rings is 1. The van der Waals surface area contributed by atoms with Crippen molar-refractivity contribution in [1.82, 2.24) is 14.6 Å². The molecule has 0 atom stereocenters. The van der Waals surface area contributed by atoms with Crippen LogP contribution < -0.4 is 4.72 Å². The molecule has 0 bridgehead atoms. The Morgan fingerprint density at radius 1 is 1.44 bits per heavy atom. The lowest BCUT2D eigenvalue weighted by molar-refractivity contribution is 0.412. The molecule has 0 amide bonds. The summed E-state index contributed by atoms with van der Waals surface area (Å²) in [5.74, 6) is 0. The second kappa shape index (κ2) is 5.72. The Bertz CT molecular complexity index is 431. The van der Waals surface area contributed by atoms with E-state index in [1.165, 1.54) is 12.3 Å². The molecular formula is C9H14BrN3O2S. The Balaban J connectivity index is 2.67. The van der Waals surface area contributed by atoms with Crippen molar-refractivity contribution in [3.8, 4) is 0 Å². The summed E-state index contributed by atoms with van der Waals surface area (Å²) >= 11 is 3.15. The van der Waals surface area contributed by atoms with E-state index in [1.807, 2.05) is 19.0 Å². The van der Waals surface area contributed by atoms with Crippen molar-refractivity contribution >= 4 is 26.0 Å². The summed E-state index contributed by atoms with van der Waals surface area (Å²) in [5.41, 5.74) is 0. The van der Waals surface area contributed by atoms with Gasteiger partial charge in [-0.05, 0) is 42.2 Å². The highest BCUT2D eigenvalue weighted by atomic mass is 79.9. The zero-order valence-electron chi connectivity index (χ0n) is 9.14. The number of sulfonamides is 1. The van der Waals surface area contributed by atoms with Crippen molar-refractivity contribution in [2.24, 2.45) is 0 Å². The maximum absolute atomic E-state index is 11.7. The molecule has 1 rings (SSSR count). The molecule has 0 aliphatic carbocycles. The summed E-state index contributed by atoms with van der Waals surface area (Å²) in [4.78, 5) is 5.96. The normalized spacial score (nSPS) is 12.0. The number of likely N-dealkylation sites (N-methyl/N-ethyl adjacent to an activating group) is 1. The summed E-state index contributed by atoms with van der Waals surface area (Å²) < 4.78 is 26.6. The Morgan fingerprint density at radius 2 is 2.12 bits per heavy atom. The number of nitrogens with one attached hydrogen (secondary N) is 1. The smallest absolute Gasteiger partial charge is 0.242 e. The van der Waals surface area contributed by atoms with Crippen molar-refractivity contribution in [3.63, 3.8) is 0 Å². The summed E-state index contributed by atoms with van der Waals surface area (Å²) in [5, 5.41) is 0. The molecule has 0 saturated heterocycles. The summed E-state index contributed by atoms with van der Waals surface area (Å²) in [6.45, 7) is 1.04. The minimum atomic E-state index is -3.43. The second-order valence-corrected chi connectivity index (χ2v) is 6.10. The van der Waals surface area contributed by atoms with Gasteiger partial charge in [0.05, 0.1) is 0 Å². The lowest BCUT2D eigenvalue weighted by Gasteiger charge is -2.10. The van der Waals surface area contributed by atoms with Crippen LogP contribution >= 0.6 is 15.9 Å². The SMILES string of the molecule is CN(C)CCNS(=O)(=O)c1ccc(Br)nc1. The van der Waals surface area contributed by atoms with E-state index in [4.69, 9.17) is 0 Å². The molecule has 0 fully saturated rings. The average molecular weight is 308 g/mol. The van der Waals surface area contributed by atoms with Gasteiger partial charge in [-0.2, -0.15) is 0 Å². The number of rotatable bonds is 5. The predicted molar refractivity (Wildman–Crippen MR) is 65.7 cm³/mol. The standard InChI is InChI=1S/C9H14BrN3O2S/c1-13(2)6-5-12-16(14,15)8-3-4-9(10)11-7-8/h3-4,7,12H,5-6H2,1-2H3. The van der Waals surface area contributed by atoms with E-state index in [0.29, 0.717) is 17.7 Å². The van der Waals surface area contributed by atoms with Crippen molar-refractivity contribution < 1.29 is 8.42 Å². The molecule has 0 aromatic carbocycles. The maximum atomic E-state index is 11.7. The van der Waals surface area contributed by atoms with E-state index in [-0.39, 0.29) is 4.90 Å². The highest BCUT2D eigenvalue weighted by molar-refractivity contribution is 9.10. The molecule has 0 unspecified atom stereocenters. The van der Waals surface area contributed by atoms with Gasteiger partial charge >= 0.3 is 0 Å². The monoisotopic (exact) mass is 307 g/mol. The molecule has 1 aromatic rings. The first-order valence-electron chi connectivity index (χ1n) is 4.68. The van der Waals surface area contributed by atoms with E-state index in [0.717, 1.165) is 0 Å². The molecule has 16 heavy (non-hydrogen) atoms. The molecule has 5 nitrogen and oxygen atoms in total. The van der Waals surface area contributed by atoms with Gasteiger partial charge in [-0.15, -0.1) is 0 Å². The van der Waals surface area contributed by atoms with Gasteiger partial charge in [-0.3, -0.25) is 0 Å². The van der Waals surface area contributed by atoms with Gasteiger partial charge in [0.25, 0.3) is 0 Å². The fraction of sp³-hybridized carbons (Fsp3) is 0.444. The number of hydrogen-bond donors (Lipinski definition) is 1. The first kappa shape index (κ1) is 13.6. The van der Waals surface area contributed by atoms with Gasteiger partial charge in [0.15, 0.2) is 0 Å². The zero-order chi connectivity index (χ0) is 12.2. The van der Waals surface area contributed by atoms with Crippen LogP contribution in [0, 0.1) is 0 Å². The van der Waals surface area contributed by atoms with Crippen LogP contribution in [0.2, 0.25) is 0 Å². The minimum absolute atomic E-state index is 0.175. The topological polar surface area (TPSA) is 62.3 Å². The van der Waals surface area contributed by atoms with Crippen LogP contribution in [0.3, 0.4) is 0 Å². The average Bonchev–Trinajstić information content (AvgIpc) is 2.17. The first-order chi connectivity index (χ1) is 7.42. The first-order valence-corrected chi connectivity index (χ1v) is 6.95. The Morgan fingerprint density at radius 3 is 2.62 bits per heavy atom. The number of halogens is 1. The molecule has 0 saturated carbocycles. The number of aromatic nitrogens is 1. The van der Waals surface area contributed by atoms with Crippen LogP contribution in [-0.2, 0) is 10.0 Å². The Labute approximate surface area is 104 Å². The summed E-state index contributed by atoms with van der Waals surface area (Å²) in [7, 11) is 0.336. The van der Waals surface area contributed by atoms with Crippen molar-refractivity contribution in [1.29, 1.82) is 0 Å². The van der Waals surface area contributed by atoms with E-state index in [1.54, 1.807) is 6.07 Å². The molecule has 1 N–H and O–H groups in total. The van der Waals surface area contributed by atoms with Gasteiger partial charge in [-0.1, -0.05) is 0 Å². The van der Waals surface area contributed by atoms with Crippen molar-refractivity contribution in [3.05, 3.63) is 22.9 Å². The van der Waals surface area contributed by atoms with E-state index in [2.05, 4.69) is 25.6 Å². The molecule has 0 aliphatic rings. The third-order valence-electron chi connectivity index (χ3n) is 1.86. The quantitative estimate of drug-likeness (QED) is 0.813. The Kier molecular flexibility index (Phi) is 4.85. The fourth-order valence-corrected chi connectivity index (χ4v) is 2.21. The van der Waals surface area contributed by atoms with E-state index >= 15 is 0 Å². The minimum Gasteiger partial charge on any atom is -0.308 e. The third kappa shape index (κ3) is 4.17. The third-order valence-corrected chi connectivity index (χ3v) is 3.78. The lowest BCUT2D eigenvalue weighted by atomic mass is 10.5. The van der Waals surface area contributed by atoms with Gasteiger partial charge in [0.2, 0.25) is 10.0 Å².